The monoisotopic (exact) mass is 306 g/mol. The van der Waals surface area contributed by atoms with Crippen LogP contribution < -0.4 is 0 Å². The molecule has 0 radical (unpaired) electrons. The Bertz CT molecular complexity index is 434. The molecule has 0 aliphatic carbocycles. The number of ether oxygens (including phenoxy) is 2. The van der Waals surface area contributed by atoms with Crippen LogP contribution in [0, 0.1) is 0 Å². The van der Waals surface area contributed by atoms with Crippen LogP contribution in [0.25, 0.3) is 0 Å². The summed E-state index contributed by atoms with van der Waals surface area (Å²) in [4.78, 5) is 12.0. The van der Waals surface area contributed by atoms with E-state index in [1.54, 1.807) is 0 Å². The molecular formula is C19H30O3. The standard InChI is InChI=1S/C19H30O3/c1-5-21-19(20)18(14-15(2)3)16(4)10-7-6-8-11-17-12-9-13-22-17/h7,10,14,17H,5-6,8-9,11-13H2,1-4H3/b10-7+,18-16+. The molecule has 3 heteroatoms. The average molecular weight is 306 g/mol. The molecule has 1 aliphatic rings. The summed E-state index contributed by atoms with van der Waals surface area (Å²) in [5.41, 5.74) is 2.70. The summed E-state index contributed by atoms with van der Waals surface area (Å²) >= 11 is 0. The molecule has 1 fully saturated rings. The second-order valence-electron chi connectivity index (χ2n) is 6.01. The Morgan fingerprint density at radius 3 is 2.68 bits per heavy atom. The predicted molar refractivity (Wildman–Crippen MR) is 90.7 cm³/mol. The van der Waals surface area contributed by atoms with E-state index in [1.807, 2.05) is 39.8 Å². The van der Waals surface area contributed by atoms with Crippen LogP contribution in [0.4, 0.5) is 0 Å². The molecule has 22 heavy (non-hydrogen) atoms. The first-order chi connectivity index (χ1) is 10.5. The molecule has 124 valence electrons. The van der Waals surface area contributed by atoms with E-state index in [0.717, 1.165) is 37.0 Å². The highest BCUT2D eigenvalue weighted by Gasteiger charge is 2.14. The first kappa shape index (κ1) is 18.7. The van der Waals surface area contributed by atoms with Gasteiger partial charge >= 0.3 is 5.97 Å². The molecule has 0 N–H and O–H groups in total. The number of carbonyl (C=O) groups is 1. The van der Waals surface area contributed by atoms with Gasteiger partial charge in [-0.05, 0) is 71.4 Å². The van der Waals surface area contributed by atoms with Gasteiger partial charge in [0.05, 0.1) is 18.3 Å². The van der Waals surface area contributed by atoms with E-state index in [0.29, 0.717) is 18.3 Å². The zero-order valence-corrected chi connectivity index (χ0v) is 14.5. The highest BCUT2D eigenvalue weighted by atomic mass is 16.5. The van der Waals surface area contributed by atoms with Gasteiger partial charge in [0.15, 0.2) is 0 Å². The first-order valence-corrected chi connectivity index (χ1v) is 8.35. The minimum Gasteiger partial charge on any atom is -0.462 e. The van der Waals surface area contributed by atoms with Gasteiger partial charge in [-0.15, -0.1) is 0 Å². The van der Waals surface area contributed by atoms with Crippen molar-refractivity contribution in [3.63, 3.8) is 0 Å². The summed E-state index contributed by atoms with van der Waals surface area (Å²) in [7, 11) is 0. The second kappa shape index (κ2) is 10.4. The Kier molecular flexibility index (Phi) is 8.83. The minimum absolute atomic E-state index is 0.245. The van der Waals surface area contributed by atoms with Gasteiger partial charge in [0.25, 0.3) is 0 Å². The van der Waals surface area contributed by atoms with E-state index >= 15 is 0 Å². The fourth-order valence-electron chi connectivity index (χ4n) is 2.52. The van der Waals surface area contributed by atoms with Gasteiger partial charge in [0, 0.05) is 6.61 Å². The fourth-order valence-corrected chi connectivity index (χ4v) is 2.52. The highest BCUT2D eigenvalue weighted by molar-refractivity contribution is 5.93. The summed E-state index contributed by atoms with van der Waals surface area (Å²) in [5, 5.41) is 0. The lowest BCUT2D eigenvalue weighted by atomic mass is 10.1. The number of hydrogen-bond donors (Lipinski definition) is 0. The molecule has 1 aliphatic heterocycles. The maximum absolute atomic E-state index is 12.0. The summed E-state index contributed by atoms with van der Waals surface area (Å²) in [6.07, 6.45) is 12.2. The van der Waals surface area contributed by atoms with Gasteiger partial charge < -0.3 is 9.47 Å². The van der Waals surface area contributed by atoms with Crippen LogP contribution in [0.3, 0.4) is 0 Å². The van der Waals surface area contributed by atoms with E-state index in [4.69, 9.17) is 9.47 Å². The van der Waals surface area contributed by atoms with Gasteiger partial charge in [0.2, 0.25) is 0 Å². The molecule has 1 heterocycles. The van der Waals surface area contributed by atoms with Crippen molar-refractivity contribution in [3.05, 3.63) is 34.9 Å². The number of esters is 1. The van der Waals surface area contributed by atoms with Crippen LogP contribution in [0.5, 0.6) is 0 Å². The van der Waals surface area contributed by atoms with Crippen molar-refractivity contribution in [2.24, 2.45) is 0 Å². The van der Waals surface area contributed by atoms with Crippen LogP contribution >= 0.6 is 0 Å². The van der Waals surface area contributed by atoms with E-state index in [1.165, 1.54) is 12.8 Å². The molecule has 1 unspecified atom stereocenters. The zero-order valence-electron chi connectivity index (χ0n) is 14.5. The molecule has 1 atom stereocenters. The largest absolute Gasteiger partial charge is 0.462 e. The molecule has 0 bridgehead atoms. The van der Waals surface area contributed by atoms with Gasteiger partial charge in [-0.2, -0.15) is 0 Å². The molecule has 3 nitrogen and oxygen atoms in total. The third kappa shape index (κ3) is 7.08. The van der Waals surface area contributed by atoms with Gasteiger partial charge in [-0.25, -0.2) is 4.79 Å². The van der Waals surface area contributed by atoms with Crippen molar-refractivity contribution >= 4 is 5.97 Å². The fraction of sp³-hybridized carbons (Fsp3) is 0.632. The summed E-state index contributed by atoms with van der Waals surface area (Å²) in [6, 6.07) is 0. The molecule has 0 amide bonds. The lowest BCUT2D eigenvalue weighted by Crippen LogP contribution is -2.08. The van der Waals surface area contributed by atoms with Crippen LogP contribution in [-0.2, 0) is 14.3 Å². The molecule has 0 aromatic heterocycles. The number of unbranched alkanes of at least 4 members (excludes halogenated alkanes) is 1. The number of hydrogen-bond acceptors (Lipinski definition) is 3. The smallest absolute Gasteiger partial charge is 0.338 e. The minimum atomic E-state index is -0.245. The third-order valence-corrected chi connectivity index (χ3v) is 3.64. The summed E-state index contributed by atoms with van der Waals surface area (Å²) in [5.74, 6) is -0.245. The van der Waals surface area contributed by atoms with Gasteiger partial charge in [-0.1, -0.05) is 17.7 Å². The van der Waals surface area contributed by atoms with Crippen molar-refractivity contribution in [2.45, 2.75) is 65.9 Å². The summed E-state index contributed by atoms with van der Waals surface area (Å²) < 4.78 is 10.7. The van der Waals surface area contributed by atoms with Crippen LogP contribution in [0.15, 0.2) is 34.9 Å². The predicted octanol–water partition coefficient (Wildman–Crippen LogP) is 4.74. The van der Waals surface area contributed by atoms with Crippen LogP contribution in [0.1, 0.15) is 59.8 Å². The van der Waals surface area contributed by atoms with Gasteiger partial charge in [-0.3, -0.25) is 0 Å². The second-order valence-corrected chi connectivity index (χ2v) is 6.01. The Morgan fingerprint density at radius 1 is 1.32 bits per heavy atom. The van der Waals surface area contributed by atoms with E-state index in [2.05, 4.69) is 6.08 Å². The van der Waals surface area contributed by atoms with Crippen LogP contribution in [-0.4, -0.2) is 25.3 Å². The van der Waals surface area contributed by atoms with E-state index in [9.17, 15) is 4.79 Å². The average Bonchev–Trinajstić information content (AvgIpc) is 2.97. The molecule has 1 rings (SSSR count). The number of rotatable bonds is 8. The third-order valence-electron chi connectivity index (χ3n) is 3.64. The number of carbonyl (C=O) groups excluding carboxylic acids is 1. The lowest BCUT2D eigenvalue weighted by Gasteiger charge is -2.07. The maximum atomic E-state index is 12.0. The highest BCUT2D eigenvalue weighted by Crippen LogP contribution is 2.18. The van der Waals surface area contributed by atoms with E-state index < -0.39 is 0 Å². The van der Waals surface area contributed by atoms with E-state index in [-0.39, 0.29) is 5.97 Å². The van der Waals surface area contributed by atoms with Crippen LogP contribution in [0.2, 0.25) is 0 Å². The van der Waals surface area contributed by atoms with Crippen molar-refractivity contribution in [1.29, 1.82) is 0 Å². The molecular weight excluding hydrogens is 276 g/mol. The maximum Gasteiger partial charge on any atom is 0.338 e. The molecule has 0 saturated carbocycles. The normalized spacial score (nSPS) is 19.2. The van der Waals surface area contributed by atoms with Crippen molar-refractivity contribution in [1.82, 2.24) is 0 Å². The molecule has 0 aromatic carbocycles. The topological polar surface area (TPSA) is 35.5 Å². The Hall–Kier alpha value is -1.35. The van der Waals surface area contributed by atoms with Crippen molar-refractivity contribution in [3.8, 4) is 0 Å². The zero-order chi connectivity index (χ0) is 16.4. The lowest BCUT2D eigenvalue weighted by molar-refractivity contribution is -0.138. The first-order valence-electron chi connectivity index (χ1n) is 8.35. The molecule has 0 spiro atoms. The number of allylic oxidation sites excluding steroid dienone is 4. The quantitative estimate of drug-likeness (QED) is 0.281. The van der Waals surface area contributed by atoms with Crippen molar-refractivity contribution in [2.75, 3.05) is 13.2 Å². The SMILES string of the molecule is CCOC(=O)/C(C=C(C)C)=C(C)/C=C/CCCC1CCCO1. The Balaban J connectivity index is 2.54. The molecule has 1 saturated heterocycles. The Labute approximate surface area is 135 Å². The summed E-state index contributed by atoms with van der Waals surface area (Å²) in [6.45, 7) is 9.08. The van der Waals surface area contributed by atoms with Crippen molar-refractivity contribution < 1.29 is 14.3 Å². The molecule has 0 aromatic rings. The van der Waals surface area contributed by atoms with Gasteiger partial charge in [0.1, 0.15) is 0 Å². The Morgan fingerprint density at radius 2 is 2.09 bits per heavy atom.